The summed E-state index contributed by atoms with van der Waals surface area (Å²) in [7, 11) is 0. The first-order valence-electron chi connectivity index (χ1n) is 6.90. The van der Waals surface area contributed by atoms with Crippen LogP contribution >= 0.6 is 11.3 Å². The molecular weight excluding hydrogens is 348 g/mol. The van der Waals surface area contributed by atoms with Gasteiger partial charge >= 0.3 is 0 Å². The maximum absolute atomic E-state index is 12.0. The molecule has 0 radical (unpaired) electrons. The molecule has 10 heteroatoms. The maximum Gasteiger partial charge on any atom is 0.291 e. The number of nitro benzene ring substituents is 1. The number of nitrogens with zero attached hydrogens (tertiary/aromatic N) is 2. The molecule has 0 aliphatic carbocycles. The fraction of sp³-hybridized carbons (Fsp3) is 0. The Hall–Kier alpha value is -3.53. The number of hydrazine groups is 1. The molecule has 3 rings (SSSR count). The summed E-state index contributed by atoms with van der Waals surface area (Å²) in [6.07, 6.45) is 0. The first-order chi connectivity index (χ1) is 12.0. The Labute approximate surface area is 144 Å². The van der Waals surface area contributed by atoms with Gasteiger partial charge in [-0.05, 0) is 23.6 Å². The summed E-state index contributed by atoms with van der Waals surface area (Å²) in [5.41, 5.74) is 4.43. The summed E-state index contributed by atoms with van der Waals surface area (Å²) in [6.45, 7) is 0. The molecule has 126 valence electrons. The van der Waals surface area contributed by atoms with Gasteiger partial charge in [0.25, 0.3) is 17.5 Å². The molecule has 0 fully saturated rings. The van der Waals surface area contributed by atoms with Crippen LogP contribution in [0.15, 0.2) is 52.4 Å². The lowest BCUT2D eigenvalue weighted by atomic mass is 10.2. The number of nitro groups is 1. The maximum atomic E-state index is 12.0. The van der Waals surface area contributed by atoms with Gasteiger partial charge in [0.1, 0.15) is 0 Å². The van der Waals surface area contributed by atoms with Crippen molar-refractivity contribution in [3.8, 4) is 10.6 Å². The van der Waals surface area contributed by atoms with Gasteiger partial charge < -0.3 is 4.52 Å². The number of non-ortho nitro benzene ring substituents is 1. The van der Waals surface area contributed by atoms with Crippen molar-refractivity contribution in [1.29, 1.82) is 0 Å². The molecular formula is C15H10N4O5S. The monoisotopic (exact) mass is 358 g/mol. The van der Waals surface area contributed by atoms with Crippen molar-refractivity contribution in [1.82, 2.24) is 16.0 Å². The topological polar surface area (TPSA) is 127 Å². The predicted molar refractivity (Wildman–Crippen MR) is 87.8 cm³/mol. The van der Waals surface area contributed by atoms with Crippen molar-refractivity contribution in [2.45, 2.75) is 0 Å². The first kappa shape index (κ1) is 16.3. The highest BCUT2D eigenvalue weighted by atomic mass is 32.1. The summed E-state index contributed by atoms with van der Waals surface area (Å²) in [5.74, 6) is -0.825. The van der Waals surface area contributed by atoms with E-state index in [9.17, 15) is 19.7 Å². The van der Waals surface area contributed by atoms with Crippen molar-refractivity contribution in [2.24, 2.45) is 0 Å². The lowest BCUT2D eigenvalue weighted by Crippen LogP contribution is -2.41. The normalized spacial score (nSPS) is 10.2. The number of hydrogen-bond donors (Lipinski definition) is 2. The molecule has 9 nitrogen and oxygen atoms in total. The fourth-order valence-corrected chi connectivity index (χ4v) is 2.57. The van der Waals surface area contributed by atoms with E-state index in [1.807, 2.05) is 17.5 Å². The summed E-state index contributed by atoms with van der Waals surface area (Å²) in [5, 5.41) is 16.1. The molecule has 2 amide bonds. The molecule has 0 unspecified atom stereocenters. The molecule has 2 N–H and O–H groups in total. The second kappa shape index (κ2) is 6.93. The standard InChI is InChI=1S/C15H10N4O5S/c20-14(9-3-5-10(6-4-9)19(22)23)16-17-15(21)11-8-12(24-18-11)13-2-1-7-25-13/h1-8H,(H,16,20)(H,17,21). The molecule has 0 atom stereocenters. The summed E-state index contributed by atoms with van der Waals surface area (Å²) >= 11 is 1.44. The number of aromatic nitrogens is 1. The van der Waals surface area contributed by atoms with Gasteiger partial charge in [0.2, 0.25) is 0 Å². The minimum atomic E-state index is -0.651. The van der Waals surface area contributed by atoms with Crippen LogP contribution in [0.4, 0.5) is 5.69 Å². The molecule has 0 saturated carbocycles. The number of carbonyl (C=O) groups is 2. The van der Waals surface area contributed by atoms with E-state index >= 15 is 0 Å². The zero-order valence-corrected chi connectivity index (χ0v) is 13.3. The summed E-state index contributed by atoms with van der Waals surface area (Å²) in [6, 6.07) is 10.1. The van der Waals surface area contributed by atoms with Crippen molar-refractivity contribution in [3.63, 3.8) is 0 Å². The number of hydrogen-bond acceptors (Lipinski definition) is 7. The van der Waals surface area contributed by atoms with Gasteiger partial charge in [-0.1, -0.05) is 11.2 Å². The quantitative estimate of drug-likeness (QED) is 0.544. The molecule has 25 heavy (non-hydrogen) atoms. The number of rotatable bonds is 4. The van der Waals surface area contributed by atoms with Crippen LogP contribution in [0.5, 0.6) is 0 Å². The van der Waals surface area contributed by atoms with Gasteiger partial charge in [0.05, 0.1) is 9.80 Å². The summed E-state index contributed by atoms with van der Waals surface area (Å²) < 4.78 is 5.08. The Balaban J connectivity index is 1.60. The van der Waals surface area contributed by atoms with Crippen molar-refractivity contribution in [2.75, 3.05) is 0 Å². The Morgan fingerprint density at radius 3 is 2.48 bits per heavy atom. The molecule has 2 aromatic heterocycles. The van der Waals surface area contributed by atoms with E-state index in [-0.39, 0.29) is 16.9 Å². The van der Waals surface area contributed by atoms with Gasteiger partial charge in [0.15, 0.2) is 11.5 Å². The Kier molecular flexibility index (Phi) is 4.53. The molecule has 0 saturated heterocycles. The third-order valence-electron chi connectivity index (χ3n) is 3.14. The van der Waals surface area contributed by atoms with Crippen molar-refractivity contribution in [3.05, 3.63) is 69.2 Å². The minimum absolute atomic E-state index is 0.00685. The van der Waals surface area contributed by atoms with Crippen LogP contribution in [0.25, 0.3) is 10.6 Å². The SMILES string of the molecule is O=C(NNC(=O)c1cc(-c2cccs2)on1)c1ccc([N+](=O)[O-])cc1. The van der Waals surface area contributed by atoms with Crippen molar-refractivity contribution < 1.29 is 19.0 Å². The van der Waals surface area contributed by atoms with Crippen LogP contribution in [0.2, 0.25) is 0 Å². The highest BCUT2D eigenvalue weighted by molar-refractivity contribution is 7.13. The van der Waals surface area contributed by atoms with E-state index in [4.69, 9.17) is 4.52 Å². The van der Waals surface area contributed by atoms with Crippen LogP contribution in [-0.4, -0.2) is 21.9 Å². The molecule has 0 bridgehead atoms. The number of amides is 2. The average molecular weight is 358 g/mol. The smallest absolute Gasteiger partial charge is 0.291 e. The Bertz CT molecular complexity index is 918. The van der Waals surface area contributed by atoms with Gasteiger partial charge in [-0.2, -0.15) is 0 Å². The largest absolute Gasteiger partial charge is 0.355 e. The minimum Gasteiger partial charge on any atom is -0.355 e. The number of thiophene rings is 1. The lowest BCUT2D eigenvalue weighted by Gasteiger charge is -2.05. The number of benzene rings is 1. The first-order valence-corrected chi connectivity index (χ1v) is 7.78. The summed E-state index contributed by atoms with van der Waals surface area (Å²) in [4.78, 5) is 34.7. The molecule has 0 spiro atoms. The second-order valence-corrected chi connectivity index (χ2v) is 5.71. The van der Waals surface area contributed by atoms with E-state index < -0.39 is 16.7 Å². The second-order valence-electron chi connectivity index (χ2n) is 4.77. The van der Waals surface area contributed by atoms with E-state index in [1.165, 1.54) is 41.7 Å². The average Bonchev–Trinajstić information content (AvgIpc) is 3.30. The zero-order valence-electron chi connectivity index (χ0n) is 12.5. The van der Waals surface area contributed by atoms with E-state index in [0.717, 1.165) is 4.88 Å². The van der Waals surface area contributed by atoms with Gasteiger partial charge in [-0.3, -0.25) is 30.6 Å². The highest BCUT2D eigenvalue weighted by Gasteiger charge is 2.15. The number of carbonyl (C=O) groups excluding carboxylic acids is 2. The molecule has 0 aliphatic rings. The van der Waals surface area contributed by atoms with E-state index in [2.05, 4.69) is 16.0 Å². The fourth-order valence-electron chi connectivity index (χ4n) is 1.90. The Morgan fingerprint density at radius 2 is 1.84 bits per heavy atom. The van der Waals surface area contributed by atoms with Crippen LogP contribution in [-0.2, 0) is 0 Å². The molecule has 0 aliphatic heterocycles. The lowest BCUT2D eigenvalue weighted by molar-refractivity contribution is -0.384. The van der Waals surface area contributed by atoms with Gasteiger partial charge in [-0.15, -0.1) is 11.3 Å². The highest BCUT2D eigenvalue weighted by Crippen LogP contribution is 2.24. The Morgan fingerprint density at radius 1 is 1.12 bits per heavy atom. The predicted octanol–water partition coefficient (Wildman–Crippen LogP) is 2.39. The van der Waals surface area contributed by atoms with Crippen molar-refractivity contribution >= 4 is 28.8 Å². The van der Waals surface area contributed by atoms with Crippen LogP contribution in [0.3, 0.4) is 0 Å². The van der Waals surface area contributed by atoms with E-state index in [1.54, 1.807) is 0 Å². The van der Waals surface area contributed by atoms with E-state index in [0.29, 0.717) is 5.76 Å². The number of nitrogens with one attached hydrogen (secondary N) is 2. The molecule has 1 aromatic carbocycles. The van der Waals surface area contributed by atoms with Gasteiger partial charge in [0, 0.05) is 23.8 Å². The zero-order chi connectivity index (χ0) is 17.8. The molecule has 3 aromatic rings. The van der Waals surface area contributed by atoms with Crippen LogP contribution in [0.1, 0.15) is 20.8 Å². The third kappa shape index (κ3) is 3.70. The van der Waals surface area contributed by atoms with Crippen LogP contribution < -0.4 is 10.9 Å². The van der Waals surface area contributed by atoms with Gasteiger partial charge in [-0.25, -0.2) is 0 Å². The molecule has 2 heterocycles. The van der Waals surface area contributed by atoms with Crippen LogP contribution in [0, 0.1) is 10.1 Å². The third-order valence-corrected chi connectivity index (χ3v) is 4.02.